The Morgan fingerprint density at radius 2 is 2.29 bits per heavy atom. The van der Waals surface area contributed by atoms with E-state index in [4.69, 9.17) is 9.26 Å². The van der Waals surface area contributed by atoms with Gasteiger partial charge in [0.1, 0.15) is 17.1 Å². The monoisotopic (exact) mass is 332 g/mol. The Morgan fingerprint density at radius 3 is 3.00 bits per heavy atom. The first kappa shape index (κ1) is 16.4. The molecule has 1 fully saturated rings. The van der Waals surface area contributed by atoms with E-state index < -0.39 is 0 Å². The number of carbonyl (C=O) groups is 1. The van der Waals surface area contributed by atoms with Crippen LogP contribution in [0.3, 0.4) is 0 Å². The second-order valence-electron chi connectivity index (χ2n) is 5.79. The van der Waals surface area contributed by atoms with Gasteiger partial charge in [0.15, 0.2) is 0 Å². The summed E-state index contributed by atoms with van der Waals surface area (Å²) >= 11 is 0. The maximum Gasteiger partial charge on any atom is 0.274 e. The molecule has 8 heteroatoms. The first-order valence-corrected chi connectivity index (χ1v) is 7.91. The molecule has 0 N–H and O–H groups in total. The smallest absolute Gasteiger partial charge is 0.274 e. The SMILES string of the molecule is COCCn1nc(C(=O)N2CCC[C@@H]2c2cc(C)on2)ccc1=O. The Morgan fingerprint density at radius 1 is 1.46 bits per heavy atom. The highest BCUT2D eigenvalue weighted by Crippen LogP contribution is 2.32. The Hall–Kier alpha value is -2.48. The third kappa shape index (κ3) is 3.23. The van der Waals surface area contributed by atoms with Gasteiger partial charge >= 0.3 is 0 Å². The van der Waals surface area contributed by atoms with Gasteiger partial charge in [0, 0.05) is 25.8 Å². The van der Waals surface area contributed by atoms with Crippen molar-refractivity contribution in [1.82, 2.24) is 19.8 Å². The highest BCUT2D eigenvalue weighted by molar-refractivity contribution is 5.92. The molecule has 8 nitrogen and oxygen atoms in total. The van der Waals surface area contributed by atoms with Crippen LogP contribution < -0.4 is 5.56 Å². The maximum absolute atomic E-state index is 12.8. The summed E-state index contributed by atoms with van der Waals surface area (Å²) in [5.41, 5.74) is 0.748. The normalized spacial score (nSPS) is 17.4. The molecule has 0 aliphatic carbocycles. The maximum atomic E-state index is 12.8. The van der Waals surface area contributed by atoms with E-state index >= 15 is 0 Å². The van der Waals surface area contributed by atoms with Crippen molar-refractivity contribution in [2.24, 2.45) is 0 Å². The van der Waals surface area contributed by atoms with Crippen LogP contribution in [0.5, 0.6) is 0 Å². The van der Waals surface area contributed by atoms with Gasteiger partial charge in [0.2, 0.25) is 0 Å². The summed E-state index contributed by atoms with van der Waals surface area (Å²) < 4.78 is 11.3. The molecule has 0 spiro atoms. The van der Waals surface area contributed by atoms with Gasteiger partial charge in [0.25, 0.3) is 11.5 Å². The van der Waals surface area contributed by atoms with Crippen LogP contribution in [0.25, 0.3) is 0 Å². The molecule has 2 aromatic heterocycles. The molecule has 0 unspecified atom stereocenters. The number of rotatable bonds is 5. The fraction of sp³-hybridized carbons (Fsp3) is 0.500. The summed E-state index contributed by atoms with van der Waals surface area (Å²) in [5, 5.41) is 8.21. The average Bonchev–Trinajstić information content (AvgIpc) is 3.22. The van der Waals surface area contributed by atoms with Gasteiger partial charge in [-0.15, -0.1) is 0 Å². The van der Waals surface area contributed by atoms with Gasteiger partial charge in [-0.2, -0.15) is 5.10 Å². The van der Waals surface area contributed by atoms with Gasteiger partial charge in [-0.25, -0.2) is 4.68 Å². The van der Waals surface area contributed by atoms with Gasteiger partial charge in [-0.1, -0.05) is 5.16 Å². The standard InChI is InChI=1S/C16H20N4O4/c1-11-10-13(18-24-11)14-4-3-7-19(14)16(22)12-5-6-15(21)20(17-12)8-9-23-2/h5-6,10,14H,3-4,7-9H2,1-2H3/t14-/m1/s1. The van der Waals surface area contributed by atoms with Crippen LogP contribution in [0.4, 0.5) is 0 Å². The highest BCUT2D eigenvalue weighted by Gasteiger charge is 2.33. The van der Waals surface area contributed by atoms with Gasteiger partial charge < -0.3 is 14.2 Å². The predicted molar refractivity (Wildman–Crippen MR) is 84.6 cm³/mol. The van der Waals surface area contributed by atoms with E-state index in [2.05, 4.69) is 10.3 Å². The fourth-order valence-electron chi connectivity index (χ4n) is 2.91. The number of aromatic nitrogens is 3. The van der Waals surface area contributed by atoms with Crippen LogP contribution in [-0.4, -0.2) is 46.0 Å². The summed E-state index contributed by atoms with van der Waals surface area (Å²) in [6.45, 7) is 3.12. The van der Waals surface area contributed by atoms with Gasteiger partial charge in [-0.05, 0) is 25.8 Å². The van der Waals surface area contributed by atoms with E-state index in [-0.39, 0.29) is 23.2 Å². The van der Waals surface area contributed by atoms with Gasteiger partial charge in [-0.3, -0.25) is 9.59 Å². The van der Waals surface area contributed by atoms with Crippen LogP contribution >= 0.6 is 0 Å². The van der Waals surface area contributed by atoms with E-state index in [1.165, 1.54) is 16.8 Å². The van der Waals surface area contributed by atoms with Crippen LogP contribution in [0.1, 0.15) is 40.8 Å². The number of hydrogen-bond donors (Lipinski definition) is 0. The van der Waals surface area contributed by atoms with Crippen molar-refractivity contribution in [3.05, 3.63) is 45.7 Å². The fourth-order valence-corrected chi connectivity index (χ4v) is 2.91. The van der Waals surface area contributed by atoms with Crippen LogP contribution in [-0.2, 0) is 11.3 Å². The molecule has 1 amide bonds. The number of methoxy groups -OCH3 is 1. The quantitative estimate of drug-likeness (QED) is 0.816. The molecule has 1 atom stereocenters. The Bertz CT molecular complexity index is 782. The van der Waals surface area contributed by atoms with Crippen molar-refractivity contribution in [1.29, 1.82) is 0 Å². The van der Waals surface area contributed by atoms with Crippen molar-refractivity contribution in [3.63, 3.8) is 0 Å². The molecule has 2 aromatic rings. The van der Waals surface area contributed by atoms with Gasteiger partial charge in [0.05, 0.1) is 19.2 Å². The van der Waals surface area contributed by atoms with Crippen molar-refractivity contribution < 1.29 is 14.1 Å². The lowest BCUT2D eigenvalue weighted by Crippen LogP contribution is -2.34. The molecule has 1 saturated heterocycles. The third-order valence-corrected chi connectivity index (χ3v) is 4.09. The molecule has 0 bridgehead atoms. The average molecular weight is 332 g/mol. The summed E-state index contributed by atoms with van der Waals surface area (Å²) in [7, 11) is 1.55. The number of aryl methyl sites for hydroxylation is 1. The summed E-state index contributed by atoms with van der Waals surface area (Å²) in [4.78, 5) is 26.4. The second-order valence-corrected chi connectivity index (χ2v) is 5.79. The molecule has 3 rings (SSSR count). The first-order valence-electron chi connectivity index (χ1n) is 7.91. The molecule has 3 heterocycles. The van der Waals surface area contributed by atoms with Crippen molar-refractivity contribution in [3.8, 4) is 0 Å². The first-order chi connectivity index (χ1) is 11.6. The highest BCUT2D eigenvalue weighted by atomic mass is 16.5. The van der Waals surface area contributed by atoms with E-state index in [0.29, 0.717) is 19.7 Å². The molecular weight excluding hydrogens is 312 g/mol. The molecule has 0 aromatic carbocycles. The number of carbonyl (C=O) groups excluding carboxylic acids is 1. The van der Waals surface area contributed by atoms with E-state index in [9.17, 15) is 9.59 Å². The van der Waals surface area contributed by atoms with Crippen molar-refractivity contribution >= 4 is 5.91 Å². The second kappa shape index (κ2) is 6.96. The van der Waals surface area contributed by atoms with Crippen LogP contribution in [0.15, 0.2) is 27.5 Å². The Kier molecular flexibility index (Phi) is 4.75. The van der Waals surface area contributed by atoms with E-state index in [1.807, 2.05) is 13.0 Å². The lowest BCUT2D eigenvalue weighted by molar-refractivity contribution is 0.0721. The molecular formula is C16H20N4O4. The van der Waals surface area contributed by atoms with Crippen molar-refractivity contribution in [2.75, 3.05) is 20.3 Å². The molecule has 1 aliphatic rings. The van der Waals surface area contributed by atoms with E-state index in [0.717, 1.165) is 24.3 Å². The Labute approximate surface area is 139 Å². The zero-order chi connectivity index (χ0) is 17.1. The van der Waals surface area contributed by atoms with Crippen molar-refractivity contribution in [2.45, 2.75) is 32.4 Å². The molecule has 0 saturated carbocycles. The number of ether oxygens (including phenoxy) is 1. The summed E-state index contributed by atoms with van der Waals surface area (Å²) in [6.07, 6.45) is 1.73. The zero-order valence-corrected chi connectivity index (χ0v) is 13.8. The number of amides is 1. The largest absolute Gasteiger partial charge is 0.383 e. The molecule has 24 heavy (non-hydrogen) atoms. The van der Waals surface area contributed by atoms with Crippen LogP contribution in [0.2, 0.25) is 0 Å². The summed E-state index contributed by atoms with van der Waals surface area (Å²) in [5.74, 6) is 0.514. The summed E-state index contributed by atoms with van der Waals surface area (Å²) in [6, 6.07) is 4.57. The third-order valence-electron chi connectivity index (χ3n) is 4.09. The van der Waals surface area contributed by atoms with Crippen LogP contribution in [0, 0.1) is 6.92 Å². The number of hydrogen-bond acceptors (Lipinski definition) is 6. The molecule has 1 aliphatic heterocycles. The topological polar surface area (TPSA) is 90.5 Å². The number of nitrogens with zero attached hydrogens (tertiary/aromatic N) is 4. The minimum Gasteiger partial charge on any atom is -0.383 e. The lowest BCUT2D eigenvalue weighted by Gasteiger charge is -2.22. The lowest BCUT2D eigenvalue weighted by atomic mass is 10.1. The molecule has 0 radical (unpaired) electrons. The minimum atomic E-state index is -0.256. The minimum absolute atomic E-state index is 0.115. The molecule has 128 valence electrons. The number of likely N-dealkylation sites (tertiary alicyclic amines) is 1. The van der Waals surface area contributed by atoms with E-state index in [1.54, 1.807) is 12.0 Å². The Balaban J connectivity index is 1.84. The predicted octanol–water partition coefficient (Wildman–Crippen LogP) is 1.16. The zero-order valence-electron chi connectivity index (χ0n) is 13.8.